The maximum Gasteiger partial charge on any atom is 0.151 e. The van der Waals surface area contributed by atoms with E-state index in [4.69, 9.17) is 11.6 Å². The molecule has 1 aliphatic rings. The van der Waals surface area contributed by atoms with Gasteiger partial charge in [0.05, 0.1) is 5.02 Å². The summed E-state index contributed by atoms with van der Waals surface area (Å²) in [5.74, 6) is 1.17. The Morgan fingerprint density at radius 2 is 2.11 bits per heavy atom. The molecule has 0 bridgehead atoms. The van der Waals surface area contributed by atoms with Gasteiger partial charge in [0.2, 0.25) is 0 Å². The van der Waals surface area contributed by atoms with Gasteiger partial charge >= 0.3 is 0 Å². The van der Waals surface area contributed by atoms with Crippen molar-refractivity contribution in [2.45, 2.75) is 18.4 Å². The minimum Gasteiger partial charge on any atom is -0.365 e. The summed E-state index contributed by atoms with van der Waals surface area (Å²) in [5, 5.41) is 3.81. The number of benzene rings is 1. The maximum absolute atomic E-state index is 10.6. The molecule has 3 rings (SSSR count). The summed E-state index contributed by atoms with van der Waals surface area (Å²) in [6.45, 7) is 0. The Morgan fingerprint density at radius 3 is 2.79 bits per heavy atom. The Kier molecular flexibility index (Phi) is 3.22. The minimum absolute atomic E-state index is 0.370. The smallest absolute Gasteiger partial charge is 0.151 e. The number of nitrogens with zero attached hydrogens (tertiary/aromatic N) is 1. The van der Waals surface area contributed by atoms with Crippen molar-refractivity contribution in [1.29, 1.82) is 0 Å². The average molecular weight is 273 g/mol. The van der Waals surface area contributed by atoms with Crippen LogP contribution in [0.2, 0.25) is 5.02 Å². The molecule has 2 atom stereocenters. The standard InChI is InChI=1S/C15H13ClN2O/c16-13-6-10(9-19)8-17-15(13)18-14-7-12(14)11-4-2-1-3-5-11/h1-6,8-9,12,14H,7H2,(H,17,18)/t12-,14+/m1/s1. The van der Waals surface area contributed by atoms with Crippen molar-refractivity contribution < 1.29 is 4.79 Å². The van der Waals surface area contributed by atoms with Gasteiger partial charge in [-0.1, -0.05) is 41.9 Å². The molecule has 96 valence electrons. The zero-order valence-electron chi connectivity index (χ0n) is 10.2. The number of nitrogens with one attached hydrogen (secondary N) is 1. The molecule has 0 saturated heterocycles. The van der Waals surface area contributed by atoms with E-state index in [1.165, 1.54) is 11.8 Å². The van der Waals surface area contributed by atoms with Crippen molar-refractivity contribution in [3.63, 3.8) is 0 Å². The van der Waals surface area contributed by atoms with Crippen molar-refractivity contribution in [1.82, 2.24) is 4.98 Å². The van der Waals surface area contributed by atoms with Gasteiger partial charge in [-0.15, -0.1) is 0 Å². The summed E-state index contributed by atoms with van der Waals surface area (Å²) in [4.78, 5) is 14.8. The normalized spacial score (nSPS) is 20.9. The molecule has 0 amide bonds. The minimum atomic E-state index is 0.370. The van der Waals surface area contributed by atoms with Gasteiger partial charge in [-0.25, -0.2) is 4.98 Å². The van der Waals surface area contributed by atoms with Crippen LogP contribution < -0.4 is 5.32 Å². The van der Waals surface area contributed by atoms with Crippen LogP contribution in [0.5, 0.6) is 0 Å². The van der Waals surface area contributed by atoms with Gasteiger partial charge in [0, 0.05) is 23.7 Å². The Morgan fingerprint density at radius 1 is 1.32 bits per heavy atom. The van der Waals surface area contributed by atoms with Crippen molar-refractivity contribution in [2.75, 3.05) is 5.32 Å². The molecule has 1 aromatic carbocycles. The van der Waals surface area contributed by atoms with Gasteiger partial charge in [0.25, 0.3) is 0 Å². The van der Waals surface area contributed by atoms with E-state index in [1.807, 2.05) is 6.07 Å². The molecule has 0 aliphatic heterocycles. The zero-order chi connectivity index (χ0) is 13.2. The van der Waals surface area contributed by atoms with Crippen LogP contribution in [0.3, 0.4) is 0 Å². The number of aromatic nitrogens is 1. The molecule has 1 N–H and O–H groups in total. The second-order valence-corrected chi connectivity index (χ2v) is 5.13. The second-order valence-electron chi connectivity index (χ2n) is 4.72. The van der Waals surface area contributed by atoms with Crippen LogP contribution >= 0.6 is 11.6 Å². The fraction of sp³-hybridized carbons (Fsp3) is 0.200. The third kappa shape index (κ3) is 2.61. The fourth-order valence-corrected chi connectivity index (χ4v) is 2.45. The van der Waals surface area contributed by atoms with Gasteiger partial charge in [-0.2, -0.15) is 0 Å². The van der Waals surface area contributed by atoms with Crippen LogP contribution in [0.15, 0.2) is 42.6 Å². The first-order chi connectivity index (χ1) is 9.28. The van der Waals surface area contributed by atoms with Crippen molar-refractivity contribution in [3.8, 4) is 0 Å². The van der Waals surface area contributed by atoms with E-state index in [0.717, 1.165) is 12.7 Å². The van der Waals surface area contributed by atoms with Crippen LogP contribution in [-0.2, 0) is 0 Å². The van der Waals surface area contributed by atoms with E-state index in [1.54, 1.807) is 6.07 Å². The molecule has 1 aliphatic carbocycles. The number of anilines is 1. The molecule has 1 fully saturated rings. The first-order valence-corrected chi connectivity index (χ1v) is 6.58. The van der Waals surface area contributed by atoms with E-state index in [9.17, 15) is 4.79 Å². The molecule has 3 nitrogen and oxygen atoms in total. The van der Waals surface area contributed by atoms with Crippen molar-refractivity contribution >= 4 is 23.7 Å². The predicted molar refractivity (Wildman–Crippen MR) is 75.8 cm³/mol. The topological polar surface area (TPSA) is 42.0 Å². The summed E-state index contributed by atoms with van der Waals surface area (Å²) in [6.07, 6.45) is 3.35. The molecule has 1 saturated carbocycles. The van der Waals surface area contributed by atoms with Crippen LogP contribution in [-0.4, -0.2) is 17.3 Å². The quantitative estimate of drug-likeness (QED) is 0.866. The van der Waals surface area contributed by atoms with Gasteiger partial charge in [-0.05, 0) is 18.1 Å². The maximum atomic E-state index is 10.6. The van der Waals surface area contributed by atoms with E-state index < -0.39 is 0 Å². The molecular weight excluding hydrogens is 260 g/mol. The Bertz CT molecular complexity index is 600. The first kappa shape index (κ1) is 12.2. The second kappa shape index (κ2) is 5.02. The van der Waals surface area contributed by atoms with Gasteiger partial charge < -0.3 is 5.32 Å². The number of carbonyl (C=O) groups excluding carboxylic acids is 1. The number of rotatable bonds is 4. The third-order valence-electron chi connectivity index (χ3n) is 3.34. The monoisotopic (exact) mass is 272 g/mol. The number of halogens is 1. The van der Waals surface area contributed by atoms with Crippen LogP contribution in [0.4, 0.5) is 5.82 Å². The lowest BCUT2D eigenvalue weighted by atomic mass is 10.1. The Balaban J connectivity index is 1.69. The summed E-state index contributed by atoms with van der Waals surface area (Å²) >= 11 is 6.09. The molecule has 19 heavy (non-hydrogen) atoms. The highest BCUT2D eigenvalue weighted by Crippen LogP contribution is 2.43. The van der Waals surface area contributed by atoms with Crippen molar-refractivity contribution in [3.05, 3.63) is 58.7 Å². The molecule has 1 heterocycles. The lowest BCUT2D eigenvalue weighted by Crippen LogP contribution is -2.06. The highest BCUT2D eigenvalue weighted by atomic mass is 35.5. The number of aldehydes is 1. The molecule has 0 spiro atoms. The summed E-state index contributed by atoms with van der Waals surface area (Å²) < 4.78 is 0. The number of carbonyl (C=O) groups is 1. The molecule has 4 heteroatoms. The SMILES string of the molecule is O=Cc1cnc(N[C@H]2C[C@@H]2c2ccccc2)c(Cl)c1. The van der Waals surface area contributed by atoms with E-state index in [-0.39, 0.29) is 0 Å². The first-order valence-electron chi connectivity index (χ1n) is 6.20. The predicted octanol–water partition coefficient (Wildman–Crippen LogP) is 3.52. The molecule has 2 aromatic rings. The summed E-state index contributed by atoms with van der Waals surface area (Å²) in [5.41, 5.74) is 1.83. The molecular formula is C15H13ClN2O. The fourth-order valence-electron chi connectivity index (χ4n) is 2.22. The zero-order valence-corrected chi connectivity index (χ0v) is 11.0. The molecule has 0 unspecified atom stereocenters. The summed E-state index contributed by atoms with van der Waals surface area (Å²) in [7, 11) is 0. The van der Waals surface area contributed by atoms with Crippen LogP contribution in [0, 0.1) is 0 Å². The number of pyridine rings is 1. The summed E-state index contributed by atoms with van der Waals surface area (Å²) in [6, 6.07) is 12.4. The highest BCUT2D eigenvalue weighted by Gasteiger charge is 2.38. The van der Waals surface area contributed by atoms with E-state index in [2.05, 4.69) is 34.6 Å². The molecule has 1 aromatic heterocycles. The van der Waals surface area contributed by atoms with Crippen molar-refractivity contribution in [2.24, 2.45) is 0 Å². The van der Waals surface area contributed by atoms with Crippen LogP contribution in [0.1, 0.15) is 28.3 Å². The van der Waals surface area contributed by atoms with E-state index >= 15 is 0 Å². The Labute approximate surface area is 116 Å². The number of hydrogen-bond donors (Lipinski definition) is 1. The third-order valence-corrected chi connectivity index (χ3v) is 3.63. The largest absolute Gasteiger partial charge is 0.365 e. The van der Waals surface area contributed by atoms with Crippen LogP contribution in [0.25, 0.3) is 0 Å². The van der Waals surface area contributed by atoms with E-state index in [0.29, 0.717) is 28.4 Å². The highest BCUT2D eigenvalue weighted by molar-refractivity contribution is 6.33. The van der Waals surface area contributed by atoms with Gasteiger partial charge in [-0.3, -0.25) is 4.79 Å². The lowest BCUT2D eigenvalue weighted by molar-refractivity contribution is 0.112. The van der Waals surface area contributed by atoms with Gasteiger partial charge in [0.1, 0.15) is 5.82 Å². The Hall–Kier alpha value is -1.87. The lowest BCUT2D eigenvalue weighted by Gasteiger charge is -2.07. The van der Waals surface area contributed by atoms with Gasteiger partial charge in [0.15, 0.2) is 6.29 Å². The number of hydrogen-bond acceptors (Lipinski definition) is 3. The average Bonchev–Trinajstić information content (AvgIpc) is 3.21. The molecule has 0 radical (unpaired) electrons.